The Morgan fingerprint density at radius 2 is 1.44 bits per heavy atom. The van der Waals surface area contributed by atoms with Gasteiger partial charge in [-0.3, -0.25) is 0 Å². The molecule has 2 rings (SSSR count). The molecule has 0 fully saturated rings. The molecule has 0 nitrogen and oxygen atoms in total. The van der Waals surface area contributed by atoms with Gasteiger partial charge in [-0.1, -0.05) is 76.6 Å². The lowest BCUT2D eigenvalue weighted by molar-refractivity contribution is 1.57. The van der Waals surface area contributed by atoms with Crippen LogP contribution in [0.1, 0.15) is 18.1 Å². The molecular formula is C17H15Br. The number of hydrogen-bond acceptors (Lipinski definition) is 0. The first-order valence-electron chi connectivity index (χ1n) is 5.92. The molecule has 0 aliphatic heterocycles. The van der Waals surface area contributed by atoms with Gasteiger partial charge in [0.25, 0.3) is 0 Å². The molecule has 0 spiro atoms. The molecular weight excluding hydrogens is 284 g/mol. The zero-order chi connectivity index (χ0) is 12.8. The second kappa shape index (κ2) is 6.36. The SMILES string of the molecule is C/C(=C\C(Br)=C\c1ccccc1)c1ccccc1. The number of rotatable bonds is 3. The molecule has 0 saturated heterocycles. The van der Waals surface area contributed by atoms with Gasteiger partial charge in [-0.05, 0) is 35.8 Å². The van der Waals surface area contributed by atoms with Gasteiger partial charge in [-0.2, -0.15) is 0 Å². The van der Waals surface area contributed by atoms with Gasteiger partial charge in [0.1, 0.15) is 0 Å². The Kier molecular flexibility index (Phi) is 4.54. The predicted molar refractivity (Wildman–Crippen MR) is 83.4 cm³/mol. The van der Waals surface area contributed by atoms with Crippen molar-refractivity contribution in [1.29, 1.82) is 0 Å². The molecule has 0 aliphatic carbocycles. The predicted octanol–water partition coefficient (Wildman–Crippen LogP) is 5.53. The van der Waals surface area contributed by atoms with Gasteiger partial charge in [0, 0.05) is 4.48 Å². The second-order valence-corrected chi connectivity index (χ2v) is 5.05. The monoisotopic (exact) mass is 298 g/mol. The highest BCUT2D eigenvalue weighted by Crippen LogP contribution is 2.20. The highest BCUT2D eigenvalue weighted by molar-refractivity contribution is 9.12. The minimum atomic E-state index is 1.08. The van der Waals surface area contributed by atoms with E-state index in [2.05, 4.69) is 71.4 Å². The maximum atomic E-state index is 3.60. The van der Waals surface area contributed by atoms with Crippen LogP contribution in [0.3, 0.4) is 0 Å². The molecule has 0 bridgehead atoms. The molecule has 90 valence electrons. The summed E-state index contributed by atoms with van der Waals surface area (Å²) in [4.78, 5) is 0. The van der Waals surface area contributed by atoms with Crippen LogP contribution in [-0.2, 0) is 0 Å². The van der Waals surface area contributed by atoms with Crippen LogP contribution in [0.5, 0.6) is 0 Å². The number of benzene rings is 2. The quantitative estimate of drug-likeness (QED) is 0.654. The van der Waals surface area contributed by atoms with Crippen molar-refractivity contribution in [3.05, 3.63) is 82.3 Å². The highest BCUT2D eigenvalue weighted by Gasteiger charge is 1.95. The summed E-state index contributed by atoms with van der Waals surface area (Å²) in [5, 5.41) is 0. The fraction of sp³-hybridized carbons (Fsp3) is 0.0588. The van der Waals surface area contributed by atoms with Gasteiger partial charge in [0.2, 0.25) is 0 Å². The van der Waals surface area contributed by atoms with Gasteiger partial charge in [-0.25, -0.2) is 0 Å². The normalized spacial score (nSPS) is 12.6. The summed E-state index contributed by atoms with van der Waals surface area (Å²) >= 11 is 3.60. The Morgan fingerprint density at radius 1 is 0.889 bits per heavy atom. The van der Waals surface area contributed by atoms with E-state index in [1.807, 2.05) is 24.3 Å². The highest BCUT2D eigenvalue weighted by atomic mass is 79.9. The standard InChI is InChI=1S/C17H15Br/c1-14(16-10-6-3-7-11-16)12-17(18)13-15-8-4-2-5-9-15/h2-13H,1H3/b14-12+,17-13-. The van der Waals surface area contributed by atoms with Gasteiger partial charge < -0.3 is 0 Å². The van der Waals surface area contributed by atoms with Crippen LogP contribution in [0.2, 0.25) is 0 Å². The van der Waals surface area contributed by atoms with Crippen LogP contribution >= 0.6 is 15.9 Å². The van der Waals surface area contributed by atoms with Gasteiger partial charge in [0.15, 0.2) is 0 Å². The van der Waals surface area contributed by atoms with Crippen LogP contribution < -0.4 is 0 Å². The molecule has 0 amide bonds. The van der Waals surface area contributed by atoms with Crippen molar-refractivity contribution in [2.75, 3.05) is 0 Å². The Morgan fingerprint density at radius 3 is 2.06 bits per heavy atom. The molecule has 2 aromatic carbocycles. The first kappa shape index (κ1) is 12.8. The van der Waals surface area contributed by atoms with E-state index in [-0.39, 0.29) is 0 Å². The van der Waals surface area contributed by atoms with Crippen LogP contribution in [0, 0.1) is 0 Å². The Bertz CT molecular complexity index is 551. The summed E-state index contributed by atoms with van der Waals surface area (Å²) in [7, 11) is 0. The van der Waals surface area contributed by atoms with E-state index in [0.717, 1.165) is 4.48 Å². The summed E-state index contributed by atoms with van der Waals surface area (Å²) in [5.41, 5.74) is 3.69. The lowest BCUT2D eigenvalue weighted by atomic mass is 10.1. The first-order valence-corrected chi connectivity index (χ1v) is 6.71. The summed E-state index contributed by atoms with van der Waals surface area (Å²) in [6, 6.07) is 20.7. The van der Waals surface area contributed by atoms with Gasteiger partial charge in [-0.15, -0.1) is 0 Å². The van der Waals surface area contributed by atoms with Crippen molar-refractivity contribution in [2.45, 2.75) is 6.92 Å². The molecule has 0 atom stereocenters. The summed E-state index contributed by atoms with van der Waals surface area (Å²) < 4.78 is 1.08. The molecule has 1 heteroatoms. The van der Waals surface area contributed by atoms with E-state index in [1.165, 1.54) is 16.7 Å². The Hall–Kier alpha value is -1.60. The second-order valence-electron chi connectivity index (χ2n) is 4.13. The number of halogens is 1. The lowest BCUT2D eigenvalue weighted by Gasteiger charge is -2.01. The van der Waals surface area contributed by atoms with Gasteiger partial charge >= 0.3 is 0 Å². The smallest absolute Gasteiger partial charge is 0.0184 e. The van der Waals surface area contributed by atoms with Crippen LogP contribution in [-0.4, -0.2) is 0 Å². The van der Waals surface area contributed by atoms with Crippen molar-refractivity contribution in [3.8, 4) is 0 Å². The molecule has 0 aliphatic rings. The van der Waals surface area contributed by atoms with E-state index in [0.29, 0.717) is 0 Å². The molecule has 18 heavy (non-hydrogen) atoms. The molecule has 0 radical (unpaired) electrons. The topological polar surface area (TPSA) is 0 Å². The zero-order valence-electron chi connectivity index (χ0n) is 10.3. The average molecular weight is 299 g/mol. The van der Waals surface area contributed by atoms with E-state index < -0.39 is 0 Å². The van der Waals surface area contributed by atoms with E-state index in [1.54, 1.807) is 0 Å². The van der Waals surface area contributed by atoms with Crippen molar-refractivity contribution in [1.82, 2.24) is 0 Å². The van der Waals surface area contributed by atoms with Crippen molar-refractivity contribution >= 4 is 27.6 Å². The number of allylic oxidation sites excluding steroid dienone is 3. The molecule has 0 heterocycles. The first-order chi connectivity index (χ1) is 8.75. The lowest BCUT2D eigenvalue weighted by Crippen LogP contribution is -1.78. The number of hydrogen-bond donors (Lipinski definition) is 0. The van der Waals surface area contributed by atoms with Crippen LogP contribution in [0.4, 0.5) is 0 Å². The fourth-order valence-corrected chi connectivity index (χ4v) is 2.35. The Labute approximate surface area is 117 Å². The van der Waals surface area contributed by atoms with E-state index in [4.69, 9.17) is 0 Å². The van der Waals surface area contributed by atoms with Crippen LogP contribution in [0.15, 0.2) is 71.2 Å². The fourth-order valence-electron chi connectivity index (χ4n) is 1.74. The third-order valence-corrected chi connectivity index (χ3v) is 3.15. The molecule has 2 aromatic rings. The average Bonchev–Trinajstić information content (AvgIpc) is 2.40. The van der Waals surface area contributed by atoms with Gasteiger partial charge in [0.05, 0.1) is 0 Å². The third kappa shape index (κ3) is 3.71. The van der Waals surface area contributed by atoms with Crippen molar-refractivity contribution in [2.24, 2.45) is 0 Å². The molecule has 0 unspecified atom stereocenters. The Balaban J connectivity index is 2.21. The van der Waals surface area contributed by atoms with Crippen molar-refractivity contribution in [3.63, 3.8) is 0 Å². The van der Waals surface area contributed by atoms with E-state index in [9.17, 15) is 0 Å². The maximum absolute atomic E-state index is 3.60. The minimum absolute atomic E-state index is 1.08. The molecule has 0 aromatic heterocycles. The molecule has 0 N–H and O–H groups in total. The van der Waals surface area contributed by atoms with Crippen molar-refractivity contribution < 1.29 is 0 Å². The van der Waals surface area contributed by atoms with Crippen LogP contribution in [0.25, 0.3) is 11.6 Å². The molecule has 0 saturated carbocycles. The minimum Gasteiger partial charge on any atom is -0.0622 e. The summed E-state index contributed by atoms with van der Waals surface area (Å²) in [6.45, 7) is 2.12. The largest absolute Gasteiger partial charge is 0.0622 e. The third-order valence-electron chi connectivity index (χ3n) is 2.69. The maximum Gasteiger partial charge on any atom is 0.0184 e. The summed E-state index contributed by atoms with van der Waals surface area (Å²) in [5.74, 6) is 0. The zero-order valence-corrected chi connectivity index (χ0v) is 11.9. The van der Waals surface area contributed by atoms with E-state index >= 15 is 0 Å². The summed E-state index contributed by atoms with van der Waals surface area (Å²) in [6.07, 6.45) is 4.26.